The van der Waals surface area contributed by atoms with Crippen LogP contribution in [0.1, 0.15) is 23.7 Å². The molecule has 1 aliphatic rings. The maximum atomic E-state index is 12.6. The van der Waals surface area contributed by atoms with Gasteiger partial charge in [-0.15, -0.1) is 0 Å². The molecule has 2 aromatic heterocycles. The van der Waals surface area contributed by atoms with Gasteiger partial charge in [0.2, 0.25) is 0 Å². The van der Waals surface area contributed by atoms with Gasteiger partial charge in [0.15, 0.2) is 10.8 Å². The highest BCUT2D eigenvalue weighted by Crippen LogP contribution is 2.28. The van der Waals surface area contributed by atoms with E-state index in [0.29, 0.717) is 37.6 Å². The molecular formula is C22H28N6O3S. The Morgan fingerprint density at radius 1 is 1.25 bits per heavy atom. The Bertz CT molecular complexity index is 1070. The molecule has 170 valence electrons. The van der Waals surface area contributed by atoms with Gasteiger partial charge in [0, 0.05) is 25.4 Å². The Balaban J connectivity index is 1.53. The van der Waals surface area contributed by atoms with Crippen molar-refractivity contribution in [2.45, 2.75) is 25.0 Å². The predicted octanol–water partition coefficient (Wildman–Crippen LogP) is 2.60. The molecular weight excluding hydrogens is 428 g/mol. The molecule has 10 heteroatoms. The van der Waals surface area contributed by atoms with Crippen LogP contribution in [-0.4, -0.2) is 71.4 Å². The van der Waals surface area contributed by atoms with Crippen molar-refractivity contribution in [3.05, 3.63) is 36.0 Å². The van der Waals surface area contributed by atoms with Gasteiger partial charge in [-0.1, -0.05) is 30.8 Å². The number of benzene rings is 1. The van der Waals surface area contributed by atoms with E-state index in [-0.39, 0.29) is 5.91 Å². The number of nitrogens with one attached hydrogen (secondary N) is 1. The molecule has 1 fully saturated rings. The number of para-hydroxylation sites is 1. The number of carbonyl (C=O) groups is 1. The first kappa shape index (κ1) is 22.3. The molecule has 1 aliphatic heterocycles. The second-order valence-electron chi connectivity index (χ2n) is 7.34. The number of thioether (sulfide) groups is 1. The Hall–Kier alpha value is -2.85. The average molecular weight is 457 g/mol. The summed E-state index contributed by atoms with van der Waals surface area (Å²) in [5, 5.41) is 9.17. The summed E-state index contributed by atoms with van der Waals surface area (Å²) in [7, 11) is 1.56. The van der Waals surface area contributed by atoms with Crippen LogP contribution in [0, 0.1) is 0 Å². The normalized spacial score (nSPS) is 14.0. The van der Waals surface area contributed by atoms with E-state index >= 15 is 0 Å². The number of aromatic nitrogens is 4. The number of morpholine rings is 1. The van der Waals surface area contributed by atoms with Crippen LogP contribution in [-0.2, 0) is 11.3 Å². The lowest BCUT2D eigenvalue weighted by Crippen LogP contribution is -2.37. The first-order chi connectivity index (χ1) is 15.7. The number of carbonyl (C=O) groups excluding carboxylic acids is 1. The van der Waals surface area contributed by atoms with Crippen LogP contribution in [0.15, 0.2) is 35.6 Å². The van der Waals surface area contributed by atoms with Crippen molar-refractivity contribution >= 4 is 34.5 Å². The van der Waals surface area contributed by atoms with E-state index in [1.54, 1.807) is 31.0 Å². The van der Waals surface area contributed by atoms with Crippen molar-refractivity contribution in [2.75, 3.05) is 50.6 Å². The van der Waals surface area contributed by atoms with Crippen LogP contribution in [0.25, 0.3) is 11.0 Å². The summed E-state index contributed by atoms with van der Waals surface area (Å²) in [5.41, 5.74) is 1.29. The fourth-order valence-corrected chi connectivity index (χ4v) is 4.25. The molecule has 32 heavy (non-hydrogen) atoms. The van der Waals surface area contributed by atoms with E-state index in [0.717, 1.165) is 47.3 Å². The van der Waals surface area contributed by atoms with E-state index in [1.807, 2.05) is 23.0 Å². The zero-order valence-electron chi connectivity index (χ0n) is 18.4. The molecule has 3 heterocycles. The fourth-order valence-electron chi connectivity index (χ4n) is 3.56. The Kier molecular flexibility index (Phi) is 7.43. The van der Waals surface area contributed by atoms with Gasteiger partial charge in [-0.25, -0.2) is 14.6 Å². The molecule has 0 aliphatic carbocycles. The molecule has 1 amide bonds. The monoisotopic (exact) mass is 456 g/mol. The van der Waals surface area contributed by atoms with Crippen molar-refractivity contribution in [3.8, 4) is 5.75 Å². The summed E-state index contributed by atoms with van der Waals surface area (Å²) in [5.74, 6) is 2.23. The average Bonchev–Trinajstić information content (AvgIpc) is 3.25. The number of ether oxygens (including phenoxy) is 2. The molecule has 9 nitrogen and oxygen atoms in total. The summed E-state index contributed by atoms with van der Waals surface area (Å²) in [6.07, 6.45) is 2.86. The first-order valence-corrected chi connectivity index (χ1v) is 11.8. The van der Waals surface area contributed by atoms with E-state index < -0.39 is 0 Å². The molecule has 0 unspecified atom stereocenters. The summed E-state index contributed by atoms with van der Waals surface area (Å²) < 4.78 is 12.6. The zero-order chi connectivity index (χ0) is 22.3. The fraction of sp³-hybridized carbons (Fsp3) is 0.455. The van der Waals surface area contributed by atoms with Crippen molar-refractivity contribution in [3.63, 3.8) is 0 Å². The SMILES string of the molecule is CCCSc1nc(N2CCOCC2)c2cnn(CCNC(=O)c3ccccc3OC)c2n1. The van der Waals surface area contributed by atoms with Crippen LogP contribution < -0.4 is 15.0 Å². The van der Waals surface area contributed by atoms with Gasteiger partial charge in [-0.3, -0.25) is 4.79 Å². The Morgan fingerprint density at radius 3 is 2.84 bits per heavy atom. The molecule has 0 bridgehead atoms. The molecule has 3 aromatic rings. The number of hydrogen-bond acceptors (Lipinski definition) is 8. The molecule has 1 N–H and O–H groups in total. The summed E-state index contributed by atoms with van der Waals surface area (Å²) in [6, 6.07) is 7.18. The van der Waals surface area contributed by atoms with Gasteiger partial charge in [0.1, 0.15) is 11.6 Å². The number of rotatable bonds is 9. The van der Waals surface area contributed by atoms with Gasteiger partial charge in [-0.2, -0.15) is 5.10 Å². The Labute approximate surface area is 191 Å². The highest BCUT2D eigenvalue weighted by Gasteiger charge is 2.20. The largest absolute Gasteiger partial charge is 0.496 e. The summed E-state index contributed by atoms with van der Waals surface area (Å²) in [4.78, 5) is 24.4. The number of anilines is 1. The lowest BCUT2D eigenvalue weighted by atomic mass is 10.2. The van der Waals surface area contributed by atoms with Crippen molar-refractivity contribution in [2.24, 2.45) is 0 Å². The molecule has 0 atom stereocenters. The molecule has 0 radical (unpaired) electrons. The molecule has 0 spiro atoms. The van der Waals surface area contributed by atoms with Gasteiger partial charge >= 0.3 is 0 Å². The topological polar surface area (TPSA) is 94.4 Å². The third-order valence-corrected chi connectivity index (χ3v) is 6.22. The van der Waals surface area contributed by atoms with Gasteiger partial charge < -0.3 is 19.7 Å². The van der Waals surface area contributed by atoms with Gasteiger partial charge in [-0.05, 0) is 18.6 Å². The minimum atomic E-state index is -0.179. The number of fused-ring (bicyclic) bond motifs is 1. The van der Waals surface area contributed by atoms with Crippen LogP contribution in [0.3, 0.4) is 0 Å². The quantitative estimate of drug-likeness (QED) is 0.388. The first-order valence-electron chi connectivity index (χ1n) is 10.8. The lowest BCUT2D eigenvalue weighted by molar-refractivity contribution is 0.0949. The number of hydrogen-bond donors (Lipinski definition) is 1. The third kappa shape index (κ3) is 4.97. The van der Waals surface area contributed by atoms with Gasteiger partial charge in [0.25, 0.3) is 5.91 Å². The molecule has 1 saturated heterocycles. The zero-order valence-corrected chi connectivity index (χ0v) is 19.2. The van der Waals surface area contributed by atoms with E-state index in [4.69, 9.17) is 19.4 Å². The van der Waals surface area contributed by atoms with Crippen LogP contribution >= 0.6 is 11.8 Å². The highest BCUT2D eigenvalue weighted by molar-refractivity contribution is 7.99. The smallest absolute Gasteiger partial charge is 0.255 e. The van der Waals surface area contributed by atoms with Crippen LogP contribution in [0.5, 0.6) is 5.75 Å². The molecule has 0 saturated carbocycles. The number of amides is 1. The minimum absolute atomic E-state index is 0.179. The predicted molar refractivity (Wildman–Crippen MR) is 125 cm³/mol. The standard InChI is InChI=1S/C22H28N6O3S/c1-3-14-32-22-25-19(27-10-12-31-13-11-27)17-15-24-28(20(17)26-22)9-8-23-21(29)16-6-4-5-7-18(16)30-2/h4-7,15H,3,8-14H2,1-2H3,(H,23,29). The highest BCUT2D eigenvalue weighted by atomic mass is 32.2. The second kappa shape index (κ2) is 10.6. The van der Waals surface area contributed by atoms with Crippen molar-refractivity contribution in [1.29, 1.82) is 0 Å². The minimum Gasteiger partial charge on any atom is -0.496 e. The van der Waals surface area contributed by atoms with Gasteiger partial charge in [0.05, 0.1) is 44.0 Å². The second-order valence-corrected chi connectivity index (χ2v) is 8.40. The summed E-state index contributed by atoms with van der Waals surface area (Å²) in [6.45, 7) is 6.03. The van der Waals surface area contributed by atoms with E-state index in [9.17, 15) is 4.79 Å². The number of methoxy groups -OCH3 is 1. The van der Waals surface area contributed by atoms with Crippen LogP contribution in [0.2, 0.25) is 0 Å². The lowest BCUT2D eigenvalue weighted by Gasteiger charge is -2.28. The Morgan fingerprint density at radius 2 is 2.06 bits per heavy atom. The molecule has 4 rings (SSSR count). The van der Waals surface area contributed by atoms with E-state index in [2.05, 4.69) is 22.2 Å². The van der Waals surface area contributed by atoms with Crippen LogP contribution in [0.4, 0.5) is 5.82 Å². The maximum absolute atomic E-state index is 12.6. The molecule has 1 aromatic carbocycles. The van der Waals surface area contributed by atoms with Crippen molar-refractivity contribution in [1.82, 2.24) is 25.1 Å². The maximum Gasteiger partial charge on any atom is 0.255 e. The summed E-state index contributed by atoms with van der Waals surface area (Å²) >= 11 is 1.65. The number of nitrogens with zero attached hydrogens (tertiary/aromatic N) is 5. The van der Waals surface area contributed by atoms with Crippen molar-refractivity contribution < 1.29 is 14.3 Å². The third-order valence-electron chi connectivity index (χ3n) is 5.16. The van der Waals surface area contributed by atoms with E-state index in [1.165, 1.54) is 0 Å².